The highest BCUT2D eigenvalue weighted by Crippen LogP contribution is 2.47. The Morgan fingerprint density at radius 1 is 1.45 bits per heavy atom. The van der Waals surface area contributed by atoms with E-state index < -0.39 is 0 Å². The fraction of sp³-hybridized carbons (Fsp3) is 1.00. The van der Waals surface area contributed by atoms with Crippen LogP contribution in [0, 0.1) is 11.3 Å². The topological polar surface area (TPSA) is 3.24 Å². The van der Waals surface area contributed by atoms with Crippen LogP contribution in [0.2, 0.25) is 0 Å². The Hall–Kier alpha value is -0.0400. The van der Waals surface area contributed by atoms with E-state index in [-0.39, 0.29) is 0 Å². The van der Waals surface area contributed by atoms with E-state index in [4.69, 9.17) is 0 Å². The standard InChI is InChI=1S/C10H19N/c1-3-11-7-10(8-11)5-4-9(2)6-10/h9H,3-8H2,1-2H3. The van der Waals surface area contributed by atoms with Crippen LogP contribution in [0.5, 0.6) is 0 Å². The summed E-state index contributed by atoms with van der Waals surface area (Å²) in [4.78, 5) is 2.57. The fourth-order valence-electron chi connectivity index (χ4n) is 2.91. The Morgan fingerprint density at radius 2 is 2.18 bits per heavy atom. The van der Waals surface area contributed by atoms with E-state index >= 15 is 0 Å². The van der Waals surface area contributed by atoms with Gasteiger partial charge in [0.1, 0.15) is 0 Å². The molecule has 2 aliphatic rings. The van der Waals surface area contributed by atoms with Gasteiger partial charge >= 0.3 is 0 Å². The molecular weight excluding hydrogens is 134 g/mol. The number of hydrogen-bond acceptors (Lipinski definition) is 1. The van der Waals surface area contributed by atoms with Crippen molar-refractivity contribution in [2.24, 2.45) is 11.3 Å². The van der Waals surface area contributed by atoms with Crippen molar-refractivity contribution >= 4 is 0 Å². The van der Waals surface area contributed by atoms with Crippen LogP contribution in [0.15, 0.2) is 0 Å². The molecule has 11 heavy (non-hydrogen) atoms. The first kappa shape index (κ1) is 7.60. The van der Waals surface area contributed by atoms with Gasteiger partial charge in [0.25, 0.3) is 0 Å². The van der Waals surface area contributed by atoms with Crippen LogP contribution in [0.4, 0.5) is 0 Å². The molecule has 1 unspecified atom stereocenters. The van der Waals surface area contributed by atoms with Crippen molar-refractivity contribution in [2.45, 2.75) is 33.1 Å². The Morgan fingerprint density at radius 3 is 2.64 bits per heavy atom. The van der Waals surface area contributed by atoms with Gasteiger partial charge in [0.15, 0.2) is 0 Å². The molecule has 0 amide bonds. The summed E-state index contributed by atoms with van der Waals surface area (Å²) in [6, 6.07) is 0. The smallest absolute Gasteiger partial charge is 0.00505 e. The third kappa shape index (κ3) is 1.20. The summed E-state index contributed by atoms with van der Waals surface area (Å²) in [6.45, 7) is 8.73. The lowest BCUT2D eigenvalue weighted by atomic mass is 9.78. The minimum absolute atomic E-state index is 0.787. The van der Waals surface area contributed by atoms with Gasteiger partial charge in [0.05, 0.1) is 0 Å². The average molecular weight is 153 g/mol. The summed E-state index contributed by atoms with van der Waals surface area (Å²) in [5.74, 6) is 1.01. The molecule has 1 atom stereocenters. The maximum Gasteiger partial charge on any atom is 0.00505 e. The van der Waals surface area contributed by atoms with E-state index in [1.54, 1.807) is 0 Å². The SMILES string of the molecule is CCN1CC2(CCC(C)C2)C1. The highest BCUT2D eigenvalue weighted by molar-refractivity contribution is 4.98. The van der Waals surface area contributed by atoms with Crippen molar-refractivity contribution in [3.05, 3.63) is 0 Å². The molecule has 1 aliphatic carbocycles. The second kappa shape index (κ2) is 2.48. The third-order valence-electron chi connectivity index (χ3n) is 3.51. The maximum absolute atomic E-state index is 2.57. The highest BCUT2D eigenvalue weighted by Gasteiger charge is 2.45. The largest absolute Gasteiger partial charge is 0.302 e. The Bertz CT molecular complexity index is 147. The van der Waals surface area contributed by atoms with E-state index in [1.165, 1.54) is 38.9 Å². The normalized spacial score (nSPS) is 36.0. The van der Waals surface area contributed by atoms with Crippen molar-refractivity contribution in [1.29, 1.82) is 0 Å². The van der Waals surface area contributed by atoms with E-state index in [0.29, 0.717) is 0 Å². The molecule has 0 aromatic heterocycles. The second-order valence-electron chi connectivity index (χ2n) is 4.65. The predicted octanol–water partition coefficient (Wildman–Crippen LogP) is 2.13. The molecule has 1 heterocycles. The van der Waals surface area contributed by atoms with Crippen molar-refractivity contribution in [3.8, 4) is 0 Å². The molecule has 0 bridgehead atoms. The van der Waals surface area contributed by atoms with Crippen molar-refractivity contribution in [2.75, 3.05) is 19.6 Å². The van der Waals surface area contributed by atoms with Gasteiger partial charge in [0, 0.05) is 13.1 Å². The maximum atomic E-state index is 2.57. The molecule has 1 heteroatoms. The quantitative estimate of drug-likeness (QED) is 0.558. The van der Waals surface area contributed by atoms with Gasteiger partial charge in [-0.1, -0.05) is 20.3 Å². The second-order valence-corrected chi connectivity index (χ2v) is 4.65. The molecule has 0 N–H and O–H groups in total. The van der Waals surface area contributed by atoms with Crippen LogP contribution in [0.25, 0.3) is 0 Å². The van der Waals surface area contributed by atoms with E-state index in [2.05, 4.69) is 18.7 Å². The van der Waals surface area contributed by atoms with Gasteiger partial charge in [-0.25, -0.2) is 0 Å². The van der Waals surface area contributed by atoms with E-state index in [0.717, 1.165) is 11.3 Å². The molecule has 1 nitrogen and oxygen atoms in total. The van der Waals surface area contributed by atoms with Gasteiger partial charge in [-0.2, -0.15) is 0 Å². The molecule has 0 aromatic carbocycles. The zero-order valence-electron chi connectivity index (χ0n) is 7.77. The van der Waals surface area contributed by atoms with Crippen LogP contribution >= 0.6 is 0 Å². The van der Waals surface area contributed by atoms with Gasteiger partial charge in [0.2, 0.25) is 0 Å². The number of rotatable bonds is 1. The first-order chi connectivity index (χ1) is 5.24. The van der Waals surface area contributed by atoms with Crippen molar-refractivity contribution in [3.63, 3.8) is 0 Å². The zero-order chi connectivity index (χ0) is 7.90. The minimum atomic E-state index is 0.787. The van der Waals surface area contributed by atoms with Gasteiger partial charge < -0.3 is 4.90 Å². The molecule has 2 rings (SSSR count). The summed E-state index contributed by atoms with van der Waals surface area (Å²) >= 11 is 0. The highest BCUT2D eigenvalue weighted by atomic mass is 15.2. The lowest BCUT2D eigenvalue weighted by Gasteiger charge is -2.48. The lowest BCUT2D eigenvalue weighted by molar-refractivity contribution is 0.00800. The number of hydrogen-bond donors (Lipinski definition) is 0. The Balaban J connectivity index is 1.87. The molecule has 1 spiro atoms. The van der Waals surface area contributed by atoms with Crippen LogP contribution in [-0.2, 0) is 0 Å². The Kier molecular flexibility index (Phi) is 1.71. The minimum Gasteiger partial charge on any atom is -0.302 e. The van der Waals surface area contributed by atoms with Crippen LogP contribution in [0.1, 0.15) is 33.1 Å². The van der Waals surface area contributed by atoms with E-state index in [1.807, 2.05) is 0 Å². The predicted molar refractivity (Wildman–Crippen MR) is 47.6 cm³/mol. The summed E-state index contributed by atoms with van der Waals surface area (Å²) in [5, 5.41) is 0. The summed E-state index contributed by atoms with van der Waals surface area (Å²) in [7, 11) is 0. The molecule has 64 valence electrons. The summed E-state index contributed by atoms with van der Waals surface area (Å²) in [5.41, 5.74) is 0.787. The molecule has 0 aromatic rings. The molecule has 0 radical (unpaired) electrons. The van der Waals surface area contributed by atoms with Crippen LogP contribution < -0.4 is 0 Å². The number of likely N-dealkylation sites (tertiary alicyclic amines) is 1. The average Bonchev–Trinajstić information content (AvgIpc) is 2.28. The lowest BCUT2D eigenvalue weighted by Crippen LogP contribution is -2.54. The zero-order valence-corrected chi connectivity index (χ0v) is 7.77. The van der Waals surface area contributed by atoms with Crippen LogP contribution in [0.3, 0.4) is 0 Å². The Labute approximate surface area is 69.8 Å². The molecule has 1 aliphatic heterocycles. The first-order valence-corrected chi connectivity index (χ1v) is 4.96. The third-order valence-corrected chi connectivity index (χ3v) is 3.51. The number of nitrogens with zero attached hydrogens (tertiary/aromatic N) is 1. The fourth-order valence-corrected chi connectivity index (χ4v) is 2.91. The molecule has 2 fully saturated rings. The summed E-state index contributed by atoms with van der Waals surface area (Å²) in [6.07, 6.45) is 4.49. The van der Waals surface area contributed by atoms with Gasteiger partial charge in [-0.3, -0.25) is 0 Å². The monoisotopic (exact) mass is 153 g/mol. The van der Waals surface area contributed by atoms with Crippen molar-refractivity contribution in [1.82, 2.24) is 4.90 Å². The first-order valence-electron chi connectivity index (χ1n) is 4.96. The van der Waals surface area contributed by atoms with Gasteiger partial charge in [-0.05, 0) is 30.7 Å². The summed E-state index contributed by atoms with van der Waals surface area (Å²) < 4.78 is 0. The van der Waals surface area contributed by atoms with Crippen molar-refractivity contribution < 1.29 is 0 Å². The molecule has 1 saturated carbocycles. The van der Waals surface area contributed by atoms with Gasteiger partial charge in [-0.15, -0.1) is 0 Å². The van der Waals surface area contributed by atoms with Crippen LogP contribution in [-0.4, -0.2) is 24.5 Å². The molecule has 1 saturated heterocycles. The molecular formula is C10H19N. The van der Waals surface area contributed by atoms with E-state index in [9.17, 15) is 0 Å².